The van der Waals surface area contributed by atoms with Crippen molar-refractivity contribution in [1.29, 1.82) is 0 Å². The molecule has 0 bridgehead atoms. The average molecular weight is 375 g/mol. The van der Waals surface area contributed by atoms with Gasteiger partial charge >= 0.3 is 11.7 Å². The number of carbonyl (C=O) groups excluding carboxylic acids is 1. The van der Waals surface area contributed by atoms with E-state index in [1.807, 2.05) is 0 Å². The van der Waals surface area contributed by atoms with E-state index in [0.29, 0.717) is 5.69 Å². The fourth-order valence-electron chi connectivity index (χ4n) is 1.93. The summed E-state index contributed by atoms with van der Waals surface area (Å²) in [5.41, 5.74) is 0.185. The van der Waals surface area contributed by atoms with Crippen LogP contribution in [0.4, 0.5) is 11.4 Å². The van der Waals surface area contributed by atoms with Crippen LogP contribution in [0.3, 0.4) is 0 Å². The lowest BCUT2D eigenvalue weighted by molar-refractivity contribution is -0.385. The zero-order valence-corrected chi connectivity index (χ0v) is 14.0. The Hall–Kier alpha value is -3.53. The topological polar surface area (TPSA) is 131 Å². The summed E-state index contributed by atoms with van der Waals surface area (Å²) in [4.78, 5) is 33.0. The van der Waals surface area contributed by atoms with Crippen LogP contribution in [0.1, 0.15) is 10.4 Å². The number of carbonyl (C=O) groups is 2. The maximum Gasteiger partial charge on any atom is 0.335 e. The number of nitrogens with zero attached hydrogens (tertiary/aromatic N) is 1. The fraction of sp³-hybridized carbons (Fsp3) is 0.0625. The Bertz CT molecular complexity index is 871. The van der Waals surface area contributed by atoms with Crippen LogP contribution >= 0.6 is 12.2 Å². The molecule has 3 N–H and O–H groups in total. The number of anilines is 1. The number of rotatable bonds is 6. The summed E-state index contributed by atoms with van der Waals surface area (Å²) < 4.78 is 5.14. The Kier molecular flexibility index (Phi) is 6.17. The molecule has 0 saturated heterocycles. The molecule has 0 radical (unpaired) electrons. The molecule has 0 aromatic heterocycles. The Balaban J connectivity index is 1.90. The molecule has 0 aliphatic heterocycles. The molecular formula is C16H13N3O6S. The van der Waals surface area contributed by atoms with E-state index in [0.717, 1.165) is 0 Å². The number of nitrogens with one attached hydrogen (secondary N) is 2. The first-order chi connectivity index (χ1) is 12.4. The molecule has 134 valence electrons. The minimum absolute atomic E-state index is 0.0410. The predicted octanol–water partition coefficient (Wildman–Crippen LogP) is 2.18. The highest BCUT2D eigenvalue weighted by atomic mass is 32.1. The number of hydrogen-bond acceptors (Lipinski definition) is 6. The summed E-state index contributed by atoms with van der Waals surface area (Å²) in [6, 6.07) is 11.5. The maximum absolute atomic E-state index is 11.8. The molecule has 10 heteroatoms. The number of hydrogen-bond donors (Lipinski definition) is 3. The third kappa shape index (κ3) is 5.24. The second-order valence-electron chi connectivity index (χ2n) is 4.90. The number of nitro groups is 1. The lowest BCUT2D eigenvalue weighted by Crippen LogP contribution is -2.37. The van der Waals surface area contributed by atoms with Gasteiger partial charge in [-0.2, -0.15) is 0 Å². The molecule has 1 amide bonds. The molecule has 9 nitrogen and oxygen atoms in total. The van der Waals surface area contributed by atoms with E-state index in [9.17, 15) is 19.7 Å². The first-order valence-corrected chi connectivity index (χ1v) is 7.58. The number of para-hydroxylation sites is 2. The van der Waals surface area contributed by atoms with Gasteiger partial charge < -0.3 is 15.2 Å². The normalized spacial score (nSPS) is 9.85. The van der Waals surface area contributed by atoms with Crippen LogP contribution in [0.25, 0.3) is 0 Å². The molecule has 0 heterocycles. The van der Waals surface area contributed by atoms with Crippen LogP contribution in [0.5, 0.6) is 5.75 Å². The number of thiocarbonyl (C=S) groups is 1. The molecule has 2 rings (SSSR count). The van der Waals surface area contributed by atoms with E-state index in [1.54, 1.807) is 12.1 Å². The second kappa shape index (κ2) is 8.53. The van der Waals surface area contributed by atoms with Crippen LogP contribution < -0.4 is 15.4 Å². The quantitative estimate of drug-likeness (QED) is 0.398. The summed E-state index contributed by atoms with van der Waals surface area (Å²) in [6.45, 7) is -0.484. The van der Waals surface area contributed by atoms with Crippen LogP contribution in [0.2, 0.25) is 0 Å². The Labute approximate surface area is 152 Å². The van der Waals surface area contributed by atoms with E-state index in [1.165, 1.54) is 36.4 Å². The average Bonchev–Trinajstić information content (AvgIpc) is 2.60. The summed E-state index contributed by atoms with van der Waals surface area (Å²) >= 11 is 4.97. The van der Waals surface area contributed by atoms with Crippen molar-refractivity contribution in [3.05, 3.63) is 64.2 Å². The monoisotopic (exact) mass is 375 g/mol. The van der Waals surface area contributed by atoms with Crippen molar-refractivity contribution in [2.24, 2.45) is 0 Å². The number of ether oxygens (including phenoxy) is 1. The molecule has 0 unspecified atom stereocenters. The van der Waals surface area contributed by atoms with Crippen molar-refractivity contribution >= 4 is 40.6 Å². The second-order valence-corrected chi connectivity index (χ2v) is 5.31. The van der Waals surface area contributed by atoms with Gasteiger partial charge in [0.25, 0.3) is 5.91 Å². The van der Waals surface area contributed by atoms with Crippen molar-refractivity contribution in [2.45, 2.75) is 0 Å². The van der Waals surface area contributed by atoms with Gasteiger partial charge in [0, 0.05) is 11.8 Å². The van der Waals surface area contributed by atoms with Gasteiger partial charge in [0.2, 0.25) is 0 Å². The van der Waals surface area contributed by atoms with E-state index >= 15 is 0 Å². The maximum atomic E-state index is 11.8. The summed E-state index contributed by atoms with van der Waals surface area (Å²) in [6.07, 6.45) is 0. The zero-order valence-electron chi connectivity index (χ0n) is 13.2. The first-order valence-electron chi connectivity index (χ1n) is 7.17. The molecule has 0 saturated carbocycles. The smallest absolute Gasteiger partial charge is 0.335 e. The third-order valence-corrected chi connectivity index (χ3v) is 3.25. The molecule has 0 aliphatic carbocycles. The molecule has 2 aromatic carbocycles. The van der Waals surface area contributed by atoms with E-state index in [-0.39, 0.29) is 22.1 Å². The SMILES string of the molecule is O=C(COc1ccccc1[N+](=O)[O-])NC(=S)Nc1cccc(C(=O)O)c1. The van der Waals surface area contributed by atoms with E-state index in [2.05, 4.69) is 10.6 Å². The Morgan fingerprint density at radius 3 is 2.62 bits per heavy atom. The first kappa shape index (κ1) is 18.8. The Morgan fingerprint density at radius 1 is 1.19 bits per heavy atom. The van der Waals surface area contributed by atoms with Gasteiger partial charge in [0.15, 0.2) is 17.5 Å². The summed E-state index contributed by atoms with van der Waals surface area (Å²) in [5, 5.41) is 24.7. The number of carboxylic acid groups (broad SMARTS) is 1. The largest absolute Gasteiger partial charge is 0.478 e. The molecule has 0 aliphatic rings. The third-order valence-electron chi connectivity index (χ3n) is 3.04. The van der Waals surface area contributed by atoms with Crippen molar-refractivity contribution in [1.82, 2.24) is 5.32 Å². The number of carboxylic acids is 1. The molecule has 0 atom stereocenters. The Morgan fingerprint density at radius 2 is 1.92 bits per heavy atom. The summed E-state index contributed by atoms with van der Waals surface area (Å²) in [7, 11) is 0. The lowest BCUT2D eigenvalue weighted by atomic mass is 10.2. The van der Waals surface area contributed by atoms with Gasteiger partial charge in [0.05, 0.1) is 10.5 Å². The number of amides is 1. The minimum atomic E-state index is -1.10. The van der Waals surface area contributed by atoms with Gasteiger partial charge in [-0.1, -0.05) is 18.2 Å². The van der Waals surface area contributed by atoms with Crippen molar-refractivity contribution < 1.29 is 24.4 Å². The summed E-state index contributed by atoms with van der Waals surface area (Å²) in [5.74, 6) is -1.77. The molecule has 0 fully saturated rings. The number of nitro benzene ring substituents is 1. The van der Waals surface area contributed by atoms with Gasteiger partial charge in [-0.15, -0.1) is 0 Å². The molecule has 26 heavy (non-hydrogen) atoms. The highest BCUT2D eigenvalue weighted by Gasteiger charge is 2.15. The van der Waals surface area contributed by atoms with Crippen molar-refractivity contribution in [2.75, 3.05) is 11.9 Å². The number of aromatic carboxylic acids is 1. The highest BCUT2D eigenvalue weighted by molar-refractivity contribution is 7.80. The predicted molar refractivity (Wildman–Crippen MR) is 96.4 cm³/mol. The minimum Gasteiger partial charge on any atom is -0.478 e. The van der Waals surface area contributed by atoms with Gasteiger partial charge in [-0.05, 0) is 36.5 Å². The van der Waals surface area contributed by atoms with Gasteiger partial charge in [-0.3, -0.25) is 20.2 Å². The van der Waals surface area contributed by atoms with E-state index in [4.69, 9.17) is 22.1 Å². The highest BCUT2D eigenvalue weighted by Crippen LogP contribution is 2.25. The molecule has 0 spiro atoms. The van der Waals surface area contributed by atoms with Crippen LogP contribution in [-0.2, 0) is 4.79 Å². The van der Waals surface area contributed by atoms with Crippen molar-refractivity contribution in [3.8, 4) is 5.75 Å². The number of benzene rings is 2. The van der Waals surface area contributed by atoms with Gasteiger partial charge in [-0.25, -0.2) is 4.79 Å². The van der Waals surface area contributed by atoms with E-state index < -0.39 is 23.4 Å². The zero-order chi connectivity index (χ0) is 19.1. The fourth-order valence-corrected chi connectivity index (χ4v) is 2.16. The lowest BCUT2D eigenvalue weighted by Gasteiger charge is -2.11. The molecular weight excluding hydrogens is 362 g/mol. The van der Waals surface area contributed by atoms with Crippen molar-refractivity contribution in [3.63, 3.8) is 0 Å². The van der Waals surface area contributed by atoms with Crippen LogP contribution in [0, 0.1) is 10.1 Å². The van der Waals surface area contributed by atoms with Crippen LogP contribution in [0.15, 0.2) is 48.5 Å². The standard InChI is InChI=1S/C16H13N3O6S/c20-14(9-25-13-7-2-1-6-12(13)19(23)24)18-16(26)17-11-5-3-4-10(8-11)15(21)22/h1-8H,9H2,(H,21,22)(H2,17,18,20,26). The van der Waals surface area contributed by atoms with Gasteiger partial charge in [0.1, 0.15) is 0 Å². The molecule has 2 aromatic rings. The van der Waals surface area contributed by atoms with Crippen LogP contribution in [-0.4, -0.2) is 33.6 Å².